The number of hydrogen-bond acceptors (Lipinski definition) is 3. The third-order valence-corrected chi connectivity index (χ3v) is 3.60. The van der Waals surface area contributed by atoms with Crippen molar-refractivity contribution in [2.24, 2.45) is 5.92 Å². The van der Waals surface area contributed by atoms with Crippen LogP contribution in [0.15, 0.2) is 24.3 Å². The van der Waals surface area contributed by atoms with Gasteiger partial charge >= 0.3 is 0 Å². The number of amides is 2. The highest BCUT2D eigenvalue weighted by atomic mass is 35.5. The summed E-state index contributed by atoms with van der Waals surface area (Å²) >= 11 is 0. The number of piperidine rings is 1. The Hall–Kier alpha value is -1.59. The fourth-order valence-electron chi connectivity index (χ4n) is 2.40. The van der Waals surface area contributed by atoms with Gasteiger partial charge in [-0.15, -0.1) is 12.4 Å². The minimum atomic E-state index is -0.104. The Bertz CT molecular complexity index is 502. The molecule has 22 heavy (non-hydrogen) atoms. The van der Waals surface area contributed by atoms with Gasteiger partial charge in [0.15, 0.2) is 0 Å². The van der Waals surface area contributed by atoms with E-state index >= 15 is 0 Å². The maximum Gasteiger partial charge on any atom is 0.251 e. The van der Waals surface area contributed by atoms with Gasteiger partial charge in [0.25, 0.3) is 5.91 Å². The van der Waals surface area contributed by atoms with E-state index in [1.54, 1.807) is 18.2 Å². The van der Waals surface area contributed by atoms with Gasteiger partial charge in [-0.05, 0) is 44.0 Å². The summed E-state index contributed by atoms with van der Waals surface area (Å²) in [5.74, 6) is -0.0723. The minimum Gasteiger partial charge on any atom is -0.352 e. The van der Waals surface area contributed by atoms with Crippen LogP contribution in [0.25, 0.3) is 0 Å². The van der Waals surface area contributed by atoms with Gasteiger partial charge in [0.05, 0.1) is 5.92 Å². The van der Waals surface area contributed by atoms with Crippen molar-refractivity contribution >= 4 is 29.9 Å². The van der Waals surface area contributed by atoms with Crippen LogP contribution >= 0.6 is 12.4 Å². The summed E-state index contributed by atoms with van der Waals surface area (Å²) in [5, 5.41) is 8.96. The van der Waals surface area contributed by atoms with Gasteiger partial charge in [0.2, 0.25) is 5.91 Å². The van der Waals surface area contributed by atoms with Crippen LogP contribution < -0.4 is 16.0 Å². The van der Waals surface area contributed by atoms with Crippen LogP contribution in [-0.4, -0.2) is 31.4 Å². The van der Waals surface area contributed by atoms with Crippen molar-refractivity contribution in [1.29, 1.82) is 0 Å². The number of halogens is 1. The molecular formula is C16H24ClN3O2. The van der Waals surface area contributed by atoms with E-state index in [1.807, 2.05) is 13.0 Å². The summed E-state index contributed by atoms with van der Waals surface area (Å²) in [7, 11) is 0. The fourth-order valence-corrected chi connectivity index (χ4v) is 2.40. The molecule has 6 heteroatoms. The zero-order chi connectivity index (χ0) is 15.1. The molecule has 1 aliphatic rings. The number of anilines is 1. The Kier molecular flexibility index (Phi) is 7.91. The van der Waals surface area contributed by atoms with Gasteiger partial charge in [-0.25, -0.2) is 0 Å². The Morgan fingerprint density at radius 2 is 2.18 bits per heavy atom. The third-order valence-electron chi connectivity index (χ3n) is 3.60. The molecule has 2 amide bonds. The highest BCUT2D eigenvalue weighted by molar-refractivity contribution is 5.97. The lowest BCUT2D eigenvalue weighted by molar-refractivity contribution is -0.120. The highest BCUT2D eigenvalue weighted by Crippen LogP contribution is 2.15. The van der Waals surface area contributed by atoms with Crippen molar-refractivity contribution in [3.63, 3.8) is 0 Å². The smallest absolute Gasteiger partial charge is 0.251 e. The average Bonchev–Trinajstić information content (AvgIpc) is 2.53. The zero-order valence-electron chi connectivity index (χ0n) is 12.9. The number of hydrogen-bond donors (Lipinski definition) is 3. The van der Waals surface area contributed by atoms with Crippen molar-refractivity contribution in [2.45, 2.75) is 26.2 Å². The molecule has 0 saturated carbocycles. The maximum atomic E-state index is 12.2. The fraction of sp³-hybridized carbons (Fsp3) is 0.500. The highest BCUT2D eigenvalue weighted by Gasteiger charge is 2.21. The van der Waals surface area contributed by atoms with Crippen LogP contribution in [0.1, 0.15) is 36.5 Å². The normalized spacial score (nSPS) is 17.2. The second-order valence-electron chi connectivity index (χ2n) is 5.37. The van der Waals surface area contributed by atoms with E-state index in [0.29, 0.717) is 17.8 Å². The predicted molar refractivity (Wildman–Crippen MR) is 90.5 cm³/mol. The van der Waals surface area contributed by atoms with E-state index in [0.717, 1.165) is 32.4 Å². The van der Waals surface area contributed by atoms with Crippen LogP contribution in [0.3, 0.4) is 0 Å². The molecular weight excluding hydrogens is 302 g/mol. The molecule has 0 bridgehead atoms. The molecule has 0 aromatic heterocycles. The zero-order valence-corrected chi connectivity index (χ0v) is 13.7. The van der Waals surface area contributed by atoms with Crippen molar-refractivity contribution < 1.29 is 9.59 Å². The molecule has 3 N–H and O–H groups in total. The second-order valence-corrected chi connectivity index (χ2v) is 5.37. The SMILES string of the molecule is CCCNC(=O)c1cccc(NC(=O)C2CCCNC2)c1.Cl. The van der Waals surface area contributed by atoms with Crippen LogP contribution in [0, 0.1) is 5.92 Å². The van der Waals surface area contributed by atoms with E-state index in [9.17, 15) is 9.59 Å². The number of carbonyl (C=O) groups is 2. The van der Waals surface area contributed by atoms with E-state index in [1.165, 1.54) is 0 Å². The third kappa shape index (κ3) is 5.31. The number of rotatable bonds is 5. The Labute approximate surface area is 137 Å². The molecule has 1 aromatic carbocycles. The topological polar surface area (TPSA) is 70.2 Å². The number of benzene rings is 1. The summed E-state index contributed by atoms with van der Waals surface area (Å²) in [5.41, 5.74) is 1.25. The average molecular weight is 326 g/mol. The van der Waals surface area contributed by atoms with Crippen LogP contribution in [0.5, 0.6) is 0 Å². The lowest BCUT2D eigenvalue weighted by atomic mass is 9.98. The summed E-state index contributed by atoms with van der Waals surface area (Å²) in [6.07, 6.45) is 2.84. The van der Waals surface area contributed by atoms with Crippen molar-refractivity contribution in [3.8, 4) is 0 Å². The monoisotopic (exact) mass is 325 g/mol. The van der Waals surface area contributed by atoms with Gasteiger partial charge in [0, 0.05) is 24.3 Å². The molecule has 1 heterocycles. The summed E-state index contributed by atoms with van der Waals surface area (Å²) in [6.45, 7) is 4.37. The molecule has 1 aliphatic heterocycles. The van der Waals surface area contributed by atoms with E-state index in [-0.39, 0.29) is 30.1 Å². The lowest BCUT2D eigenvalue weighted by Gasteiger charge is -2.22. The number of carbonyl (C=O) groups excluding carboxylic acids is 2. The first-order valence-electron chi connectivity index (χ1n) is 7.60. The van der Waals surface area contributed by atoms with Crippen LogP contribution in [0.4, 0.5) is 5.69 Å². The quantitative estimate of drug-likeness (QED) is 0.777. The first-order chi connectivity index (χ1) is 10.2. The predicted octanol–water partition coefficient (Wildman–Crippen LogP) is 2.19. The largest absolute Gasteiger partial charge is 0.352 e. The summed E-state index contributed by atoms with van der Waals surface area (Å²) < 4.78 is 0. The van der Waals surface area contributed by atoms with E-state index in [2.05, 4.69) is 16.0 Å². The molecule has 0 radical (unpaired) electrons. The standard InChI is InChI=1S/C16H23N3O2.ClH/c1-2-8-18-15(20)12-5-3-7-14(10-12)19-16(21)13-6-4-9-17-11-13;/h3,5,7,10,13,17H,2,4,6,8-9,11H2,1H3,(H,18,20)(H,19,21);1H. The molecule has 1 unspecified atom stereocenters. The lowest BCUT2D eigenvalue weighted by Crippen LogP contribution is -2.37. The molecule has 1 aromatic rings. The number of nitrogens with one attached hydrogen (secondary N) is 3. The van der Waals surface area contributed by atoms with E-state index in [4.69, 9.17) is 0 Å². The summed E-state index contributed by atoms with van der Waals surface area (Å²) in [4.78, 5) is 24.1. The van der Waals surface area contributed by atoms with Crippen LogP contribution in [0.2, 0.25) is 0 Å². The molecule has 5 nitrogen and oxygen atoms in total. The second kappa shape index (κ2) is 9.43. The molecule has 122 valence electrons. The Morgan fingerprint density at radius 1 is 1.36 bits per heavy atom. The Balaban J connectivity index is 0.00000242. The minimum absolute atomic E-state index is 0. The molecule has 1 atom stereocenters. The molecule has 2 rings (SSSR count). The van der Waals surface area contributed by atoms with Gasteiger partial charge < -0.3 is 16.0 Å². The maximum absolute atomic E-state index is 12.2. The molecule has 1 fully saturated rings. The first-order valence-corrected chi connectivity index (χ1v) is 7.60. The van der Waals surface area contributed by atoms with Crippen molar-refractivity contribution in [1.82, 2.24) is 10.6 Å². The van der Waals surface area contributed by atoms with Gasteiger partial charge in [-0.1, -0.05) is 13.0 Å². The van der Waals surface area contributed by atoms with Crippen molar-refractivity contribution in [2.75, 3.05) is 25.0 Å². The van der Waals surface area contributed by atoms with Crippen LogP contribution in [-0.2, 0) is 4.79 Å². The van der Waals surface area contributed by atoms with Crippen molar-refractivity contribution in [3.05, 3.63) is 29.8 Å². The van der Waals surface area contributed by atoms with Gasteiger partial charge in [0.1, 0.15) is 0 Å². The molecule has 0 aliphatic carbocycles. The summed E-state index contributed by atoms with van der Waals surface area (Å²) in [6, 6.07) is 7.07. The molecule has 1 saturated heterocycles. The van der Waals surface area contributed by atoms with Gasteiger partial charge in [-0.2, -0.15) is 0 Å². The van der Waals surface area contributed by atoms with Gasteiger partial charge in [-0.3, -0.25) is 9.59 Å². The first kappa shape index (κ1) is 18.5. The molecule has 0 spiro atoms. The Morgan fingerprint density at radius 3 is 2.86 bits per heavy atom. The van der Waals surface area contributed by atoms with E-state index < -0.39 is 0 Å².